The summed E-state index contributed by atoms with van der Waals surface area (Å²) in [5.41, 5.74) is 1.43. The summed E-state index contributed by atoms with van der Waals surface area (Å²) in [6, 6.07) is 8.29. The smallest absolute Gasteiger partial charge is 0.163 e. The Bertz CT molecular complexity index is 612. The zero-order valence-electron chi connectivity index (χ0n) is 11.0. The maximum atomic E-state index is 10.3. The van der Waals surface area contributed by atoms with Gasteiger partial charge in [0.1, 0.15) is 30.0 Å². The lowest BCUT2D eigenvalue weighted by Crippen LogP contribution is -2.35. The SMILES string of the molecule is Cc1ccc(O[C@@H]2COc3ccc(O)cc3[C@H]2O)cn1. The topological polar surface area (TPSA) is 71.8 Å². The van der Waals surface area contributed by atoms with Crippen LogP contribution in [0.5, 0.6) is 17.2 Å². The second-order valence-corrected chi connectivity index (χ2v) is 4.77. The molecule has 1 aliphatic rings. The molecule has 2 heterocycles. The Kier molecular flexibility index (Phi) is 3.20. The highest BCUT2D eigenvalue weighted by atomic mass is 16.5. The Hall–Kier alpha value is -2.27. The highest BCUT2D eigenvalue weighted by Crippen LogP contribution is 2.35. The normalized spacial score (nSPS) is 20.9. The number of hydrogen-bond acceptors (Lipinski definition) is 5. The Morgan fingerprint density at radius 3 is 2.90 bits per heavy atom. The number of benzene rings is 1. The van der Waals surface area contributed by atoms with Crippen molar-refractivity contribution in [2.45, 2.75) is 19.1 Å². The molecule has 0 saturated carbocycles. The third kappa shape index (κ3) is 2.40. The van der Waals surface area contributed by atoms with Gasteiger partial charge in [0.25, 0.3) is 0 Å². The molecule has 0 unspecified atom stereocenters. The van der Waals surface area contributed by atoms with Crippen molar-refractivity contribution < 1.29 is 19.7 Å². The summed E-state index contributed by atoms with van der Waals surface area (Å²) < 4.78 is 11.2. The van der Waals surface area contributed by atoms with Crippen molar-refractivity contribution >= 4 is 0 Å². The van der Waals surface area contributed by atoms with Crippen LogP contribution in [-0.2, 0) is 0 Å². The van der Waals surface area contributed by atoms with E-state index in [4.69, 9.17) is 9.47 Å². The van der Waals surface area contributed by atoms with Crippen LogP contribution < -0.4 is 9.47 Å². The number of phenolic OH excluding ortho intramolecular Hbond substituents is 1. The second-order valence-electron chi connectivity index (χ2n) is 4.77. The van der Waals surface area contributed by atoms with Crippen molar-refractivity contribution in [3.8, 4) is 17.2 Å². The summed E-state index contributed by atoms with van der Waals surface area (Å²) in [6.07, 6.45) is 0.223. The zero-order valence-corrected chi connectivity index (χ0v) is 11.0. The lowest BCUT2D eigenvalue weighted by Gasteiger charge is -2.30. The first-order valence-corrected chi connectivity index (χ1v) is 6.36. The van der Waals surface area contributed by atoms with E-state index in [0.717, 1.165) is 5.69 Å². The van der Waals surface area contributed by atoms with E-state index in [0.29, 0.717) is 17.1 Å². The molecule has 1 aromatic carbocycles. The average molecular weight is 273 g/mol. The maximum absolute atomic E-state index is 10.3. The minimum absolute atomic E-state index is 0.0871. The van der Waals surface area contributed by atoms with E-state index in [2.05, 4.69) is 4.98 Å². The van der Waals surface area contributed by atoms with Crippen molar-refractivity contribution in [1.82, 2.24) is 4.98 Å². The number of fused-ring (bicyclic) bond motifs is 1. The third-order valence-corrected chi connectivity index (χ3v) is 3.24. The molecule has 0 amide bonds. The van der Waals surface area contributed by atoms with Gasteiger partial charge in [0, 0.05) is 11.3 Å². The molecule has 0 aliphatic carbocycles. The van der Waals surface area contributed by atoms with Crippen molar-refractivity contribution in [1.29, 1.82) is 0 Å². The monoisotopic (exact) mass is 273 g/mol. The molecule has 1 aliphatic heterocycles. The van der Waals surface area contributed by atoms with Crippen LogP contribution in [0.25, 0.3) is 0 Å². The molecule has 5 heteroatoms. The fraction of sp³-hybridized carbons (Fsp3) is 0.267. The van der Waals surface area contributed by atoms with Gasteiger partial charge in [-0.15, -0.1) is 0 Å². The summed E-state index contributed by atoms with van der Waals surface area (Å²) in [5.74, 6) is 1.23. The molecule has 104 valence electrons. The van der Waals surface area contributed by atoms with E-state index < -0.39 is 12.2 Å². The molecular weight excluding hydrogens is 258 g/mol. The number of ether oxygens (including phenoxy) is 2. The first-order chi connectivity index (χ1) is 9.63. The van der Waals surface area contributed by atoms with Crippen LogP contribution in [0.15, 0.2) is 36.5 Å². The maximum Gasteiger partial charge on any atom is 0.163 e. The first-order valence-electron chi connectivity index (χ1n) is 6.36. The molecule has 2 N–H and O–H groups in total. The molecule has 1 aromatic heterocycles. The highest BCUT2D eigenvalue weighted by Gasteiger charge is 2.31. The number of aliphatic hydroxyl groups is 1. The molecule has 0 fully saturated rings. The number of aromatic nitrogens is 1. The van der Waals surface area contributed by atoms with E-state index in [1.54, 1.807) is 18.3 Å². The molecule has 0 radical (unpaired) electrons. The molecule has 20 heavy (non-hydrogen) atoms. The van der Waals surface area contributed by atoms with Gasteiger partial charge in [-0.3, -0.25) is 4.98 Å². The number of rotatable bonds is 2. The summed E-state index contributed by atoms with van der Waals surface area (Å²) in [5, 5.41) is 19.8. The van der Waals surface area contributed by atoms with E-state index in [-0.39, 0.29) is 12.4 Å². The largest absolute Gasteiger partial charge is 0.508 e. The molecular formula is C15H15NO4. The summed E-state index contributed by atoms with van der Waals surface area (Å²) in [7, 11) is 0. The number of aryl methyl sites for hydroxylation is 1. The number of pyridine rings is 1. The standard InChI is InChI=1S/C15H15NO4/c1-9-2-4-11(7-16-9)20-14-8-19-13-5-3-10(17)6-12(13)15(14)18/h2-7,14-15,17-18H,8H2,1H3/t14-,15-/m1/s1. The number of hydrogen-bond donors (Lipinski definition) is 2. The minimum atomic E-state index is -0.854. The predicted molar refractivity (Wildman–Crippen MR) is 72.0 cm³/mol. The quantitative estimate of drug-likeness (QED) is 0.875. The number of aromatic hydroxyl groups is 1. The van der Waals surface area contributed by atoms with E-state index in [1.165, 1.54) is 12.1 Å². The fourth-order valence-corrected chi connectivity index (χ4v) is 2.16. The van der Waals surface area contributed by atoms with Crippen molar-refractivity contribution in [3.05, 3.63) is 47.8 Å². The van der Waals surface area contributed by atoms with Crippen LogP contribution >= 0.6 is 0 Å². The van der Waals surface area contributed by atoms with Crippen LogP contribution in [0.2, 0.25) is 0 Å². The van der Waals surface area contributed by atoms with Crippen molar-refractivity contribution in [2.24, 2.45) is 0 Å². The molecule has 2 aromatic rings. The van der Waals surface area contributed by atoms with Crippen LogP contribution in [0.1, 0.15) is 17.4 Å². The molecule has 5 nitrogen and oxygen atoms in total. The van der Waals surface area contributed by atoms with Crippen LogP contribution in [-0.4, -0.2) is 27.9 Å². The van der Waals surface area contributed by atoms with E-state index >= 15 is 0 Å². The summed E-state index contributed by atoms with van der Waals surface area (Å²) >= 11 is 0. The lowest BCUT2D eigenvalue weighted by molar-refractivity contribution is -0.0106. The van der Waals surface area contributed by atoms with Crippen LogP contribution in [0.3, 0.4) is 0 Å². The van der Waals surface area contributed by atoms with Gasteiger partial charge in [-0.1, -0.05) is 0 Å². The first kappa shape index (κ1) is 12.7. The zero-order chi connectivity index (χ0) is 14.1. The van der Waals surface area contributed by atoms with Gasteiger partial charge in [-0.2, -0.15) is 0 Å². The fourth-order valence-electron chi connectivity index (χ4n) is 2.16. The van der Waals surface area contributed by atoms with Crippen molar-refractivity contribution in [2.75, 3.05) is 6.61 Å². The average Bonchev–Trinajstić information content (AvgIpc) is 2.45. The Morgan fingerprint density at radius 1 is 1.30 bits per heavy atom. The molecule has 2 atom stereocenters. The Balaban J connectivity index is 1.81. The number of phenols is 1. The van der Waals surface area contributed by atoms with E-state index in [1.807, 2.05) is 13.0 Å². The van der Waals surface area contributed by atoms with Gasteiger partial charge in [-0.25, -0.2) is 0 Å². The van der Waals surface area contributed by atoms with E-state index in [9.17, 15) is 10.2 Å². The molecule has 0 saturated heterocycles. The van der Waals surface area contributed by atoms with Gasteiger partial charge < -0.3 is 19.7 Å². The summed E-state index contributed by atoms with van der Waals surface area (Å²) in [6.45, 7) is 2.13. The Labute approximate surface area is 116 Å². The van der Waals surface area contributed by atoms with Crippen LogP contribution in [0.4, 0.5) is 0 Å². The van der Waals surface area contributed by atoms with Gasteiger partial charge in [-0.05, 0) is 37.3 Å². The van der Waals surface area contributed by atoms with Gasteiger partial charge >= 0.3 is 0 Å². The van der Waals surface area contributed by atoms with Gasteiger partial charge in [0.2, 0.25) is 0 Å². The minimum Gasteiger partial charge on any atom is -0.508 e. The number of aliphatic hydroxyl groups excluding tert-OH is 1. The predicted octanol–water partition coefficient (Wildman–Crippen LogP) is 1.97. The second kappa shape index (κ2) is 5.02. The van der Waals surface area contributed by atoms with Gasteiger partial charge in [0.05, 0.1) is 6.20 Å². The molecule has 0 bridgehead atoms. The van der Waals surface area contributed by atoms with Crippen LogP contribution in [0, 0.1) is 6.92 Å². The number of nitrogens with zero attached hydrogens (tertiary/aromatic N) is 1. The Morgan fingerprint density at radius 2 is 2.15 bits per heavy atom. The molecule has 3 rings (SSSR count). The third-order valence-electron chi connectivity index (χ3n) is 3.24. The van der Waals surface area contributed by atoms with Crippen molar-refractivity contribution in [3.63, 3.8) is 0 Å². The lowest BCUT2D eigenvalue weighted by atomic mass is 10.0. The summed E-state index contributed by atoms with van der Waals surface area (Å²) in [4.78, 5) is 4.14. The van der Waals surface area contributed by atoms with Gasteiger partial charge in [0.15, 0.2) is 6.10 Å². The molecule has 0 spiro atoms. The highest BCUT2D eigenvalue weighted by molar-refractivity contribution is 5.43.